The van der Waals surface area contributed by atoms with Gasteiger partial charge in [0.2, 0.25) is 0 Å². The molecule has 1 fully saturated rings. The Morgan fingerprint density at radius 3 is 2.76 bits per heavy atom. The van der Waals surface area contributed by atoms with Gasteiger partial charge in [0.1, 0.15) is 5.60 Å². The van der Waals surface area contributed by atoms with Gasteiger partial charge < -0.3 is 9.64 Å². The minimum absolute atomic E-state index is 0.110. The summed E-state index contributed by atoms with van der Waals surface area (Å²) in [6, 6.07) is 0.110. The monoisotopic (exact) mass is 313 g/mol. The van der Waals surface area contributed by atoms with Gasteiger partial charge in [-0.05, 0) is 33.6 Å². The summed E-state index contributed by atoms with van der Waals surface area (Å²) in [5.41, 5.74) is -0.489. The molecule has 1 aromatic heterocycles. The minimum Gasteiger partial charge on any atom is -0.444 e. The number of hydrogen-bond acceptors (Lipinski definition) is 5. The Morgan fingerprint density at radius 1 is 1.48 bits per heavy atom. The average molecular weight is 313 g/mol. The van der Waals surface area contributed by atoms with Crippen LogP contribution < -0.4 is 0 Å². The summed E-state index contributed by atoms with van der Waals surface area (Å²) < 4.78 is 18.2. The number of hydrogen-bond donors (Lipinski definition) is 0. The zero-order valence-electron chi connectivity index (χ0n) is 12.5. The second kappa shape index (κ2) is 6.60. The van der Waals surface area contributed by atoms with Crippen molar-refractivity contribution in [3.8, 4) is 0 Å². The van der Waals surface area contributed by atoms with Crippen molar-refractivity contribution in [2.45, 2.75) is 50.4 Å². The molecule has 0 saturated carbocycles. The Labute approximate surface area is 128 Å². The van der Waals surface area contributed by atoms with Gasteiger partial charge in [-0.25, -0.2) is 19.2 Å². The molecule has 1 aromatic rings. The van der Waals surface area contributed by atoms with Gasteiger partial charge in [0.15, 0.2) is 11.0 Å². The second-order valence-corrected chi connectivity index (χ2v) is 6.95. The second-order valence-electron chi connectivity index (χ2n) is 5.96. The van der Waals surface area contributed by atoms with E-state index in [1.165, 1.54) is 11.8 Å². The van der Waals surface area contributed by atoms with Gasteiger partial charge in [-0.1, -0.05) is 11.8 Å². The van der Waals surface area contributed by atoms with Crippen molar-refractivity contribution in [1.82, 2.24) is 14.9 Å². The van der Waals surface area contributed by atoms with Crippen LogP contribution in [0.15, 0.2) is 17.6 Å². The standard InChI is InChI=1S/C14H20FN3O2S/c1-14(2,3)20-13(19)18-6-4-5-11(18)9-21-12-16-7-10(15)8-17-12/h7-8,11H,4-6,9H2,1-3H3/t11-/m0/s1. The summed E-state index contributed by atoms with van der Waals surface area (Å²) in [7, 11) is 0. The Kier molecular flexibility index (Phi) is 5.03. The summed E-state index contributed by atoms with van der Waals surface area (Å²) in [6.07, 6.45) is 3.93. The van der Waals surface area contributed by atoms with E-state index in [0.717, 1.165) is 25.2 Å². The fourth-order valence-corrected chi connectivity index (χ4v) is 3.06. The number of halogens is 1. The van der Waals surface area contributed by atoms with Gasteiger partial charge in [-0.3, -0.25) is 0 Å². The van der Waals surface area contributed by atoms with Gasteiger partial charge in [0.05, 0.1) is 12.4 Å². The van der Waals surface area contributed by atoms with Crippen molar-refractivity contribution in [2.24, 2.45) is 0 Å². The summed E-state index contributed by atoms with van der Waals surface area (Å²) in [5.74, 6) is 0.237. The van der Waals surface area contributed by atoms with E-state index >= 15 is 0 Å². The van der Waals surface area contributed by atoms with Gasteiger partial charge in [0.25, 0.3) is 0 Å². The number of ether oxygens (including phenoxy) is 1. The highest BCUT2D eigenvalue weighted by Crippen LogP contribution is 2.25. The predicted molar refractivity (Wildman–Crippen MR) is 78.7 cm³/mol. The van der Waals surface area contributed by atoms with E-state index in [1.807, 2.05) is 20.8 Å². The van der Waals surface area contributed by atoms with Crippen molar-refractivity contribution in [1.29, 1.82) is 0 Å². The van der Waals surface area contributed by atoms with Crippen LogP contribution in [-0.4, -0.2) is 44.9 Å². The first kappa shape index (κ1) is 16.0. The number of carbonyl (C=O) groups is 1. The third-order valence-electron chi connectivity index (χ3n) is 3.01. The molecule has 2 heterocycles. The van der Waals surface area contributed by atoms with Gasteiger partial charge in [-0.2, -0.15) is 0 Å². The van der Waals surface area contributed by atoms with Gasteiger partial charge >= 0.3 is 6.09 Å². The molecule has 0 aromatic carbocycles. The maximum Gasteiger partial charge on any atom is 0.410 e. The molecule has 0 spiro atoms. The molecule has 1 atom stereocenters. The number of rotatable bonds is 3. The van der Waals surface area contributed by atoms with Crippen LogP contribution in [0.25, 0.3) is 0 Å². The highest BCUT2D eigenvalue weighted by molar-refractivity contribution is 7.99. The topological polar surface area (TPSA) is 55.3 Å². The largest absolute Gasteiger partial charge is 0.444 e. The summed E-state index contributed by atoms with van der Waals surface area (Å²) in [6.45, 7) is 6.29. The third-order valence-corrected chi connectivity index (χ3v) is 4.03. The summed E-state index contributed by atoms with van der Waals surface area (Å²) in [5, 5.41) is 0.521. The molecule has 0 radical (unpaired) electrons. The zero-order chi connectivity index (χ0) is 15.5. The lowest BCUT2D eigenvalue weighted by Crippen LogP contribution is -2.40. The van der Waals surface area contributed by atoms with E-state index in [0.29, 0.717) is 17.5 Å². The predicted octanol–water partition coefficient (Wildman–Crippen LogP) is 3.11. The highest BCUT2D eigenvalue weighted by atomic mass is 32.2. The zero-order valence-corrected chi connectivity index (χ0v) is 13.3. The molecule has 7 heteroatoms. The molecular formula is C14H20FN3O2S. The highest BCUT2D eigenvalue weighted by Gasteiger charge is 2.32. The Bertz CT molecular complexity index is 490. The fraction of sp³-hybridized carbons (Fsp3) is 0.643. The molecule has 5 nitrogen and oxygen atoms in total. The lowest BCUT2D eigenvalue weighted by molar-refractivity contribution is 0.0242. The normalized spacial score (nSPS) is 18.9. The lowest BCUT2D eigenvalue weighted by atomic mass is 10.2. The van der Waals surface area contributed by atoms with E-state index in [2.05, 4.69) is 9.97 Å². The number of nitrogens with zero attached hydrogens (tertiary/aromatic N) is 3. The van der Waals surface area contributed by atoms with Crippen LogP contribution in [-0.2, 0) is 4.74 Å². The Hall–Kier alpha value is -1.37. The molecule has 1 aliphatic rings. The van der Waals surface area contributed by atoms with Gasteiger partial charge in [-0.15, -0.1) is 0 Å². The Morgan fingerprint density at radius 2 is 2.14 bits per heavy atom. The quantitative estimate of drug-likeness (QED) is 0.634. The fourth-order valence-electron chi connectivity index (χ4n) is 2.12. The van der Waals surface area contributed by atoms with Crippen molar-refractivity contribution < 1.29 is 13.9 Å². The maximum absolute atomic E-state index is 12.7. The van der Waals surface area contributed by atoms with Crippen LogP contribution in [0.4, 0.5) is 9.18 Å². The molecule has 0 aliphatic carbocycles. The third kappa shape index (κ3) is 4.84. The van der Waals surface area contributed by atoms with E-state index < -0.39 is 11.4 Å². The van der Waals surface area contributed by atoms with E-state index in [-0.39, 0.29) is 12.1 Å². The molecule has 1 aliphatic heterocycles. The molecular weight excluding hydrogens is 293 g/mol. The number of thioether (sulfide) groups is 1. The Balaban J connectivity index is 1.90. The molecule has 1 saturated heterocycles. The summed E-state index contributed by atoms with van der Waals surface area (Å²) in [4.78, 5) is 21.7. The lowest BCUT2D eigenvalue weighted by Gasteiger charge is -2.28. The van der Waals surface area contributed by atoms with Crippen molar-refractivity contribution >= 4 is 17.9 Å². The summed E-state index contributed by atoms with van der Waals surface area (Å²) >= 11 is 1.43. The number of amides is 1. The van der Waals surface area contributed by atoms with E-state index in [4.69, 9.17) is 4.74 Å². The van der Waals surface area contributed by atoms with Crippen molar-refractivity contribution in [3.05, 3.63) is 18.2 Å². The SMILES string of the molecule is CC(C)(C)OC(=O)N1CCC[C@H]1CSc1ncc(F)cn1. The smallest absolute Gasteiger partial charge is 0.410 e. The van der Waals surface area contributed by atoms with E-state index in [9.17, 15) is 9.18 Å². The molecule has 21 heavy (non-hydrogen) atoms. The number of likely N-dealkylation sites (tertiary alicyclic amines) is 1. The van der Waals surface area contributed by atoms with Crippen LogP contribution in [0.3, 0.4) is 0 Å². The molecule has 2 rings (SSSR count). The van der Waals surface area contributed by atoms with Gasteiger partial charge in [0, 0.05) is 18.3 Å². The van der Waals surface area contributed by atoms with Crippen LogP contribution in [0.1, 0.15) is 33.6 Å². The molecule has 1 amide bonds. The molecule has 0 bridgehead atoms. The minimum atomic E-state index is -0.489. The number of carbonyl (C=O) groups excluding carboxylic acids is 1. The van der Waals surface area contributed by atoms with Crippen LogP contribution in [0, 0.1) is 5.82 Å². The van der Waals surface area contributed by atoms with Crippen LogP contribution in [0.2, 0.25) is 0 Å². The molecule has 0 unspecified atom stereocenters. The first-order valence-corrected chi connectivity index (χ1v) is 7.94. The first-order valence-electron chi connectivity index (χ1n) is 6.95. The molecule has 0 N–H and O–H groups in total. The van der Waals surface area contributed by atoms with E-state index in [1.54, 1.807) is 4.90 Å². The van der Waals surface area contributed by atoms with Crippen molar-refractivity contribution in [2.75, 3.05) is 12.3 Å². The maximum atomic E-state index is 12.7. The average Bonchev–Trinajstić information content (AvgIpc) is 2.84. The van der Waals surface area contributed by atoms with Crippen LogP contribution in [0.5, 0.6) is 0 Å². The molecule has 116 valence electrons. The number of aromatic nitrogens is 2. The first-order chi connectivity index (χ1) is 9.85. The van der Waals surface area contributed by atoms with Crippen molar-refractivity contribution in [3.63, 3.8) is 0 Å². The van der Waals surface area contributed by atoms with Crippen LogP contribution >= 0.6 is 11.8 Å².